The van der Waals surface area contributed by atoms with Gasteiger partial charge in [0, 0.05) is 28.8 Å². The molecule has 1 aromatic heterocycles. The Kier molecular flexibility index (Phi) is 8.73. The molecule has 0 unspecified atom stereocenters. The van der Waals surface area contributed by atoms with E-state index in [4.69, 9.17) is 19.9 Å². The molecule has 0 radical (unpaired) electrons. The maximum Gasteiger partial charge on any atom is 0.255 e. The van der Waals surface area contributed by atoms with Gasteiger partial charge in [-0.3, -0.25) is 4.79 Å². The number of anilines is 2. The van der Waals surface area contributed by atoms with Crippen molar-refractivity contribution in [1.82, 2.24) is 15.0 Å². The molecule has 0 bridgehead atoms. The Bertz CT molecular complexity index is 1520. The minimum atomic E-state index is -0.359. The Morgan fingerprint density at radius 3 is 2.15 bits per heavy atom. The highest BCUT2D eigenvalue weighted by Gasteiger charge is 2.19. The van der Waals surface area contributed by atoms with Crippen LogP contribution >= 0.6 is 0 Å². The molecular weight excluding hydrogens is 522 g/mol. The summed E-state index contributed by atoms with van der Waals surface area (Å²) >= 11 is 0. The van der Waals surface area contributed by atoms with Crippen LogP contribution in [0.4, 0.5) is 11.6 Å². The highest BCUT2D eigenvalue weighted by molar-refractivity contribution is 6.05. The van der Waals surface area contributed by atoms with Crippen molar-refractivity contribution in [2.45, 2.75) is 39.2 Å². The molecule has 10 heteroatoms. The maximum absolute atomic E-state index is 13.1. The third kappa shape index (κ3) is 6.55. The highest BCUT2D eigenvalue weighted by Crippen LogP contribution is 2.38. The van der Waals surface area contributed by atoms with Crippen molar-refractivity contribution in [2.24, 2.45) is 0 Å². The first-order chi connectivity index (χ1) is 19.6. The van der Waals surface area contributed by atoms with E-state index >= 15 is 0 Å². The second kappa shape index (κ2) is 12.2. The van der Waals surface area contributed by atoms with Crippen LogP contribution in [0.1, 0.15) is 53.6 Å². The van der Waals surface area contributed by atoms with Crippen LogP contribution in [0.5, 0.6) is 17.2 Å². The minimum absolute atomic E-state index is 0.0229. The maximum atomic E-state index is 13.1. The van der Waals surface area contributed by atoms with Crippen LogP contribution in [-0.4, -0.2) is 47.3 Å². The van der Waals surface area contributed by atoms with E-state index in [0.717, 1.165) is 11.1 Å². The summed E-state index contributed by atoms with van der Waals surface area (Å²) in [6.45, 7) is 5.99. The van der Waals surface area contributed by atoms with Gasteiger partial charge in [0.1, 0.15) is 5.82 Å². The van der Waals surface area contributed by atoms with Crippen LogP contribution in [-0.2, 0) is 18.4 Å². The second-order valence-corrected chi connectivity index (χ2v) is 10.4. The number of carbonyl (C=O) groups excluding carboxylic acids is 1. The molecule has 0 fully saturated rings. The van der Waals surface area contributed by atoms with Gasteiger partial charge in [-0.05, 0) is 46.9 Å². The molecule has 0 saturated carbocycles. The molecule has 0 aliphatic rings. The number of ether oxygens (including phenoxy) is 3. The topological polar surface area (TPSA) is 142 Å². The Hall–Kier alpha value is -4.70. The highest BCUT2D eigenvalue weighted by atomic mass is 16.5. The number of rotatable bonds is 9. The zero-order valence-electron chi connectivity index (χ0n) is 24.1. The van der Waals surface area contributed by atoms with Crippen molar-refractivity contribution in [1.29, 1.82) is 0 Å². The van der Waals surface area contributed by atoms with Gasteiger partial charge >= 0.3 is 0 Å². The molecule has 4 aromatic rings. The summed E-state index contributed by atoms with van der Waals surface area (Å²) < 4.78 is 16.3. The van der Waals surface area contributed by atoms with Crippen molar-refractivity contribution in [3.8, 4) is 28.6 Å². The summed E-state index contributed by atoms with van der Waals surface area (Å²) in [5, 5.41) is 13.2. The summed E-state index contributed by atoms with van der Waals surface area (Å²) in [4.78, 5) is 26.3. The molecule has 3 aromatic carbocycles. The lowest BCUT2D eigenvalue weighted by atomic mass is 9.86. The average molecular weight is 558 g/mol. The standard InChI is InChI=1S/C31H35N5O5/c1-31(2,3)20-12-10-19(11-13-20)29(38)33-23-9-7-8-21(22(23)17-37)28-34-26(35-30(32)36-28)16-18-14-24(39-4)27(41-6)25(15-18)40-5/h7-15,37H,16-17H2,1-6H3,(H,33,38)(H2,32,34,35,36). The van der Waals surface area contributed by atoms with Gasteiger partial charge < -0.3 is 30.4 Å². The van der Waals surface area contributed by atoms with Crippen LogP contribution in [0.15, 0.2) is 54.6 Å². The molecule has 0 saturated heterocycles. The molecule has 214 valence electrons. The van der Waals surface area contributed by atoms with Gasteiger partial charge in [0.05, 0.1) is 27.9 Å². The molecule has 10 nitrogen and oxygen atoms in total. The van der Waals surface area contributed by atoms with Crippen LogP contribution in [0, 0.1) is 0 Å². The number of nitrogen functional groups attached to an aromatic ring is 1. The number of nitrogens with two attached hydrogens (primary N) is 1. The van der Waals surface area contributed by atoms with Crippen LogP contribution in [0.3, 0.4) is 0 Å². The van der Waals surface area contributed by atoms with Gasteiger partial charge in [0.25, 0.3) is 5.91 Å². The number of aliphatic hydroxyl groups excluding tert-OH is 1. The fourth-order valence-corrected chi connectivity index (χ4v) is 4.46. The SMILES string of the molecule is COc1cc(Cc2nc(N)nc(-c3cccc(NC(=O)c4ccc(C(C)(C)C)cc4)c3CO)n2)cc(OC)c1OC. The van der Waals surface area contributed by atoms with E-state index in [1.807, 2.05) is 24.3 Å². The number of nitrogens with one attached hydrogen (secondary N) is 1. The second-order valence-electron chi connectivity index (χ2n) is 10.4. The molecule has 0 aliphatic carbocycles. The monoisotopic (exact) mass is 557 g/mol. The predicted octanol–water partition coefficient (Wildman–Crippen LogP) is 4.78. The van der Waals surface area contributed by atoms with E-state index < -0.39 is 0 Å². The average Bonchev–Trinajstić information content (AvgIpc) is 2.95. The molecule has 0 spiro atoms. The third-order valence-electron chi connectivity index (χ3n) is 6.62. The van der Waals surface area contributed by atoms with Gasteiger partial charge in [0.2, 0.25) is 11.7 Å². The number of hydrogen-bond donors (Lipinski definition) is 3. The van der Waals surface area contributed by atoms with E-state index in [-0.39, 0.29) is 29.7 Å². The number of amides is 1. The number of aromatic nitrogens is 3. The summed E-state index contributed by atoms with van der Waals surface area (Å²) in [6, 6.07) is 16.3. The van der Waals surface area contributed by atoms with E-state index in [1.54, 1.807) is 44.6 Å². The number of nitrogens with zero attached hydrogens (tertiary/aromatic N) is 3. The summed E-state index contributed by atoms with van der Waals surface area (Å²) in [6.07, 6.45) is 0.298. The normalized spacial score (nSPS) is 11.2. The van der Waals surface area contributed by atoms with Gasteiger partial charge in [0.15, 0.2) is 17.3 Å². The summed E-state index contributed by atoms with van der Waals surface area (Å²) in [7, 11) is 4.63. The lowest BCUT2D eigenvalue weighted by Crippen LogP contribution is -2.15. The fourth-order valence-electron chi connectivity index (χ4n) is 4.46. The van der Waals surface area contributed by atoms with Gasteiger partial charge in [-0.1, -0.05) is 45.0 Å². The molecule has 4 N–H and O–H groups in total. The molecule has 1 heterocycles. The molecule has 41 heavy (non-hydrogen) atoms. The van der Waals surface area contributed by atoms with Crippen LogP contribution in [0.2, 0.25) is 0 Å². The lowest BCUT2D eigenvalue weighted by molar-refractivity contribution is 0.102. The van der Waals surface area contributed by atoms with Crippen LogP contribution < -0.4 is 25.3 Å². The number of hydrogen-bond acceptors (Lipinski definition) is 9. The Balaban J connectivity index is 1.65. The van der Waals surface area contributed by atoms with Gasteiger partial charge in [-0.15, -0.1) is 0 Å². The molecule has 1 amide bonds. The Labute approximate surface area is 239 Å². The number of carbonyl (C=O) groups is 1. The predicted molar refractivity (Wildman–Crippen MR) is 158 cm³/mol. The van der Waals surface area contributed by atoms with Crippen molar-refractivity contribution in [3.05, 3.63) is 82.7 Å². The first kappa shape index (κ1) is 29.3. The van der Waals surface area contributed by atoms with Crippen molar-refractivity contribution < 1.29 is 24.1 Å². The quantitative estimate of drug-likeness (QED) is 0.265. The van der Waals surface area contributed by atoms with Crippen molar-refractivity contribution in [3.63, 3.8) is 0 Å². The van der Waals surface area contributed by atoms with Gasteiger partial charge in [-0.2, -0.15) is 9.97 Å². The van der Waals surface area contributed by atoms with E-state index in [9.17, 15) is 9.90 Å². The largest absolute Gasteiger partial charge is 0.493 e. The molecule has 4 rings (SSSR count). The third-order valence-corrected chi connectivity index (χ3v) is 6.62. The Morgan fingerprint density at radius 2 is 1.59 bits per heavy atom. The molecular formula is C31H35N5O5. The Morgan fingerprint density at radius 1 is 0.927 bits per heavy atom. The van der Waals surface area contributed by atoms with E-state index in [2.05, 4.69) is 41.0 Å². The number of methoxy groups -OCH3 is 3. The van der Waals surface area contributed by atoms with Crippen molar-refractivity contribution in [2.75, 3.05) is 32.4 Å². The number of benzene rings is 3. The summed E-state index contributed by atoms with van der Waals surface area (Å²) in [5.74, 6) is 1.89. The zero-order valence-corrected chi connectivity index (χ0v) is 24.1. The number of aliphatic hydroxyl groups is 1. The van der Waals surface area contributed by atoms with Gasteiger partial charge in [-0.25, -0.2) is 4.98 Å². The molecule has 0 aliphatic heterocycles. The van der Waals surface area contributed by atoms with Crippen LogP contribution in [0.25, 0.3) is 11.4 Å². The minimum Gasteiger partial charge on any atom is -0.493 e. The first-order valence-electron chi connectivity index (χ1n) is 13.0. The first-order valence-corrected chi connectivity index (χ1v) is 13.0. The fraction of sp³-hybridized carbons (Fsp3) is 0.290. The molecule has 0 atom stereocenters. The van der Waals surface area contributed by atoms with E-state index in [1.165, 1.54) is 7.11 Å². The van der Waals surface area contributed by atoms with E-state index in [0.29, 0.717) is 51.9 Å². The summed E-state index contributed by atoms with van der Waals surface area (Å²) in [5.41, 5.74) is 9.90. The smallest absolute Gasteiger partial charge is 0.255 e. The lowest BCUT2D eigenvalue weighted by Gasteiger charge is -2.19. The zero-order chi connectivity index (χ0) is 29.7. The van der Waals surface area contributed by atoms with Crippen molar-refractivity contribution >= 4 is 17.5 Å².